The van der Waals surface area contributed by atoms with Gasteiger partial charge in [0.1, 0.15) is 24.4 Å². The van der Waals surface area contributed by atoms with E-state index in [1.165, 1.54) is 5.57 Å². The minimum atomic E-state index is -1.67. The van der Waals surface area contributed by atoms with Crippen molar-refractivity contribution in [1.82, 2.24) is 0 Å². The first-order valence-electron chi connectivity index (χ1n) is 17.5. The first-order valence-corrected chi connectivity index (χ1v) is 17.5. The van der Waals surface area contributed by atoms with E-state index in [1.807, 2.05) is 0 Å². The molecule has 5 aliphatic carbocycles. The van der Waals surface area contributed by atoms with Crippen LogP contribution in [0.3, 0.4) is 0 Å². The predicted octanol–water partition coefficient (Wildman–Crippen LogP) is 2.44. The molecule has 0 radical (unpaired) electrons. The molecule has 0 bridgehead atoms. The van der Waals surface area contributed by atoms with E-state index in [4.69, 9.17) is 9.47 Å². The van der Waals surface area contributed by atoms with Crippen molar-refractivity contribution >= 4 is 5.97 Å². The Kier molecular flexibility index (Phi) is 8.46. The second kappa shape index (κ2) is 11.2. The molecule has 0 amide bonds. The summed E-state index contributed by atoms with van der Waals surface area (Å²) < 4.78 is 11.5. The Hall–Kier alpha value is -1.11. The molecule has 7 N–H and O–H groups in total. The van der Waals surface area contributed by atoms with Gasteiger partial charge in [-0.15, -0.1) is 0 Å². The quantitative estimate of drug-likeness (QED) is 0.177. The number of fused-ring (bicyclic) bond motifs is 7. The number of esters is 1. The zero-order chi connectivity index (χ0) is 33.8. The molecule has 0 spiro atoms. The van der Waals surface area contributed by atoms with E-state index < -0.39 is 66.3 Å². The minimum Gasteiger partial charge on any atom is -0.432 e. The fourth-order valence-electron chi connectivity index (χ4n) is 12.2. The van der Waals surface area contributed by atoms with Crippen molar-refractivity contribution < 1.29 is 50.0 Å². The Morgan fingerprint density at radius 3 is 2.20 bits per heavy atom. The predicted molar refractivity (Wildman–Crippen MR) is 168 cm³/mol. The van der Waals surface area contributed by atoms with Crippen LogP contribution in [0, 0.1) is 50.2 Å². The number of aliphatic hydroxyl groups is 7. The summed E-state index contributed by atoms with van der Waals surface area (Å²) in [4.78, 5) is 14.4. The van der Waals surface area contributed by atoms with E-state index in [0.29, 0.717) is 32.1 Å². The standard InChI is InChI=1S/C36H58O10/c1-31(2)23-9-10-35(6)24(33(23,4)16-21(39)28(31)43)8-7-19-20-15-32(3,18-38)11-13-36(20,14-12-34(19,35)5)30(44)46-29-27(42)26(41)25(40)22(17-37)45-29/h7,20-29,37-43H,8-18H2,1-6H3. The fourth-order valence-corrected chi connectivity index (χ4v) is 12.2. The van der Waals surface area contributed by atoms with Gasteiger partial charge in [-0.1, -0.05) is 53.2 Å². The van der Waals surface area contributed by atoms with E-state index in [2.05, 4.69) is 47.6 Å². The molecule has 6 rings (SSSR count). The maximum atomic E-state index is 14.4. The van der Waals surface area contributed by atoms with Crippen LogP contribution in [0.25, 0.3) is 0 Å². The SMILES string of the molecule is CC1(CO)CCC2(C(=O)OC3OC(CO)C(O)C(O)C3O)CCC3(C)C(=CCC4C5(C)CC(O)C(O)C(C)(C)C5CCC43C)C2C1. The molecule has 10 heteroatoms. The highest BCUT2D eigenvalue weighted by Crippen LogP contribution is 2.75. The average Bonchev–Trinajstić information content (AvgIpc) is 3.00. The van der Waals surface area contributed by atoms with Crippen LogP contribution in [-0.4, -0.2) is 97.8 Å². The van der Waals surface area contributed by atoms with Crippen molar-refractivity contribution in [2.75, 3.05) is 13.2 Å². The number of carbonyl (C=O) groups is 1. The van der Waals surface area contributed by atoms with Gasteiger partial charge in [0, 0.05) is 6.61 Å². The number of carbonyl (C=O) groups excluding carboxylic acids is 1. The van der Waals surface area contributed by atoms with Crippen LogP contribution in [0.1, 0.15) is 99.3 Å². The van der Waals surface area contributed by atoms with Crippen molar-refractivity contribution in [2.45, 2.75) is 142 Å². The van der Waals surface area contributed by atoms with Crippen molar-refractivity contribution in [2.24, 2.45) is 50.2 Å². The molecule has 10 nitrogen and oxygen atoms in total. The number of rotatable bonds is 4. The molecule has 262 valence electrons. The van der Waals surface area contributed by atoms with Gasteiger partial charge in [0.15, 0.2) is 0 Å². The Morgan fingerprint density at radius 2 is 1.54 bits per heavy atom. The van der Waals surface area contributed by atoms with E-state index >= 15 is 0 Å². The van der Waals surface area contributed by atoms with Gasteiger partial charge < -0.3 is 45.2 Å². The summed E-state index contributed by atoms with van der Waals surface area (Å²) >= 11 is 0. The molecule has 6 aliphatic rings. The third-order valence-corrected chi connectivity index (χ3v) is 15.3. The number of hydrogen-bond donors (Lipinski definition) is 7. The van der Waals surface area contributed by atoms with Gasteiger partial charge in [-0.3, -0.25) is 4.79 Å². The zero-order valence-electron chi connectivity index (χ0n) is 28.5. The number of aliphatic hydroxyl groups excluding tert-OH is 7. The molecule has 1 heterocycles. The third kappa shape index (κ3) is 4.60. The largest absolute Gasteiger partial charge is 0.432 e. The number of allylic oxidation sites excluding steroid dienone is 2. The van der Waals surface area contributed by atoms with E-state index in [9.17, 15) is 40.5 Å². The molecular weight excluding hydrogens is 592 g/mol. The molecule has 46 heavy (non-hydrogen) atoms. The maximum absolute atomic E-state index is 14.4. The molecule has 1 aliphatic heterocycles. The first kappa shape index (κ1) is 34.7. The Morgan fingerprint density at radius 1 is 0.870 bits per heavy atom. The van der Waals surface area contributed by atoms with Crippen molar-refractivity contribution in [3.8, 4) is 0 Å². The summed E-state index contributed by atoms with van der Waals surface area (Å²) in [6, 6.07) is 0. The van der Waals surface area contributed by atoms with Gasteiger partial charge in [0.2, 0.25) is 6.29 Å². The van der Waals surface area contributed by atoms with Gasteiger partial charge in [0.05, 0.1) is 24.2 Å². The van der Waals surface area contributed by atoms with Crippen LogP contribution in [0.15, 0.2) is 11.6 Å². The van der Waals surface area contributed by atoms with Crippen molar-refractivity contribution in [1.29, 1.82) is 0 Å². The van der Waals surface area contributed by atoms with E-state index in [1.54, 1.807) is 0 Å². The van der Waals surface area contributed by atoms with Gasteiger partial charge >= 0.3 is 5.97 Å². The average molecular weight is 651 g/mol. The molecule has 15 atom stereocenters. The minimum absolute atomic E-state index is 0.000272. The molecule has 0 aromatic rings. The lowest BCUT2D eigenvalue weighted by molar-refractivity contribution is -0.297. The smallest absolute Gasteiger partial charge is 0.315 e. The van der Waals surface area contributed by atoms with Gasteiger partial charge in [-0.2, -0.15) is 0 Å². The monoisotopic (exact) mass is 650 g/mol. The van der Waals surface area contributed by atoms with Crippen LogP contribution < -0.4 is 0 Å². The lowest BCUT2D eigenvalue weighted by Crippen LogP contribution is -2.67. The highest BCUT2D eigenvalue weighted by molar-refractivity contribution is 5.79. The van der Waals surface area contributed by atoms with Crippen LogP contribution in [0.4, 0.5) is 0 Å². The van der Waals surface area contributed by atoms with Gasteiger partial charge in [-0.25, -0.2) is 0 Å². The Balaban J connectivity index is 1.37. The first-order chi connectivity index (χ1) is 21.3. The molecule has 0 aromatic heterocycles. The Labute approximate surface area is 273 Å². The lowest BCUT2D eigenvalue weighted by Gasteiger charge is -2.71. The molecular formula is C36H58O10. The van der Waals surface area contributed by atoms with E-state index in [-0.39, 0.29) is 46.0 Å². The lowest BCUT2D eigenvalue weighted by atomic mass is 9.33. The Bertz CT molecular complexity index is 1240. The molecule has 4 saturated carbocycles. The second-order valence-electron chi connectivity index (χ2n) is 17.8. The summed E-state index contributed by atoms with van der Waals surface area (Å²) in [5.41, 5.74) is -1.03. The zero-order valence-corrected chi connectivity index (χ0v) is 28.5. The van der Waals surface area contributed by atoms with Crippen molar-refractivity contribution in [3.05, 3.63) is 11.6 Å². The number of hydrogen-bond acceptors (Lipinski definition) is 10. The van der Waals surface area contributed by atoms with Crippen LogP contribution >= 0.6 is 0 Å². The third-order valence-electron chi connectivity index (χ3n) is 15.3. The summed E-state index contributed by atoms with van der Waals surface area (Å²) in [5, 5.41) is 73.7. The highest BCUT2D eigenvalue weighted by Gasteiger charge is 2.70. The summed E-state index contributed by atoms with van der Waals surface area (Å²) in [7, 11) is 0. The van der Waals surface area contributed by atoms with Gasteiger partial charge in [0.25, 0.3) is 0 Å². The summed E-state index contributed by atoms with van der Waals surface area (Å²) in [5.74, 6) is -0.194. The fraction of sp³-hybridized carbons (Fsp3) is 0.917. The molecule has 15 unspecified atom stereocenters. The van der Waals surface area contributed by atoms with Crippen LogP contribution in [0.5, 0.6) is 0 Å². The second-order valence-corrected chi connectivity index (χ2v) is 17.8. The molecule has 1 saturated heterocycles. The van der Waals surface area contributed by atoms with Crippen LogP contribution in [0.2, 0.25) is 0 Å². The van der Waals surface area contributed by atoms with E-state index in [0.717, 1.165) is 25.7 Å². The normalized spacial score (nSPS) is 54.8. The van der Waals surface area contributed by atoms with Gasteiger partial charge in [-0.05, 0) is 103 Å². The summed E-state index contributed by atoms with van der Waals surface area (Å²) in [6.45, 7) is 12.8. The van der Waals surface area contributed by atoms with Crippen molar-refractivity contribution in [3.63, 3.8) is 0 Å². The molecule has 5 fully saturated rings. The molecule has 0 aromatic carbocycles. The number of ether oxygens (including phenoxy) is 2. The summed E-state index contributed by atoms with van der Waals surface area (Å²) in [6.07, 6.45) is -0.445. The maximum Gasteiger partial charge on any atom is 0.315 e. The van der Waals surface area contributed by atoms with Crippen LogP contribution in [-0.2, 0) is 14.3 Å². The highest BCUT2D eigenvalue weighted by atomic mass is 16.7. The topological polar surface area (TPSA) is 177 Å².